The first-order valence-corrected chi connectivity index (χ1v) is 11.9. The molecule has 2 aromatic carbocycles. The fraction of sp³-hybridized carbons (Fsp3) is 0.320. The Morgan fingerprint density at radius 3 is 2.55 bits per heavy atom. The predicted molar refractivity (Wildman–Crippen MR) is 127 cm³/mol. The molecule has 5 rings (SSSR count). The zero-order valence-electron chi connectivity index (χ0n) is 20.6. The number of imide groups is 1. The number of anilines is 2. The van der Waals surface area contributed by atoms with Crippen molar-refractivity contribution >= 4 is 23.5 Å². The maximum atomic E-state index is 15.3. The maximum absolute atomic E-state index is 15.3. The van der Waals surface area contributed by atoms with Crippen LogP contribution in [0.2, 0.25) is 0 Å². The number of halogens is 5. The average Bonchev–Trinajstić information content (AvgIpc) is 3.35. The van der Waals surface area contributed by atoms with Crippen molar-refractivity contribution < 1.29 is 40.7 Å². The molecule has 2 aliphatic rings. The summed E-state index contributed by atoms with van der Waals surface area (Å²) < 4.78 is 76.8. The van der Waals surface area contributed by atoms with Crippen molar-refractivity contribution in [3.05, 3.63) is 53.1 Å². The number of aromatic nitrogens is 2. The molecule has 0 bridgehead atoms. The summed E-state index contributed by atoms with van der Waals surface area (Å²) in [6, 6.07) is 6.88. The lowest BCUT2D eigenvalue weighted by Crippen LogP contribution is -2.62. The summed E-state index contributed by atoms with van der Waals surface area (Å²) in [4.78, 5) is 25.2. The monoisotopic (exact) mass is 562 g/mol. The van der Waals surface area contributed by atoms with Crippen molar-refractivity contribution in [2.24, 2.45) is 0 Å². The Morgan fingerprint density at radius 1 is 1.20 bits per heavy atom. The van der Waals surface area contributed by atoms with Gasteiger partial charge in [0.2, 0.25) is 17.7 Å². The first kappa shape index (κ1) is 26.9. The van der Waals surface area contributed by atoms with Gasteiger partial charge in [0.15, 0.2) is 0 Å². The molecule has 2 N–H and O–H groups in total. The number of piperidine rings is 1. The smallest absolute Gasteiger partial charge is 0.406 e. The Bertz CT molecular complexity index is 1520. The second-order valence-corrected chi connectivity index (χ2v) is 9.22. The summed E-state index contributed by atoms with van der Waals surface area (Å²) in [5.74, 6) is -5.12. The molecule has 0 saturated carbocycles. The van der Waals surface area contributed by atoms with E-state index in [1.54, 1.807) is 17.9 Å². The molecule has 0 aliphatic carbocycles. The third-order valence-electron chi connectivity index (χ3n) is 6.78. The molecule has 2 saturated heterocycles. The third kappa shape index (κ3) is 5.12. The molecule has 3 aromatic rings. The summed E-state index contributed by atoms with van der Waals surface area (Å²) in [5.41, 5.74) is -0.625. The first-order valence-electron chi connectivity index (χ1n) is 11.9. The number of ether oxygens (including phenoxy) is 1. The molecule has 0 spiro atoms. The highest BCUT2D eigenvalue weighted by atomic mass is 19.4. The molecular weight excluding hydrogens is 543 g/mol. The number of carbonyl (C=O) groups is 2. The van der Waals surface area contributed by atoms with Crippen LogP contribution in [0, 0.1) is 23.0 Å². The topological polar surface area (TPSA) is 133 Å². The van der Waals surface area contributed by atoms with E-state index in [0.29, 0.717) is 5.56 Å². The van der Waals surface area contributed by atoms with Crippen LogP contribution in [0.25, 0.3) is 11.5 Å². The van der Waals surface area contributed by atoms with E-state index in [2.05, 4.69) is 25.6 Å². The molecule has 2 aliphatic heterocycles. The van der Waals surface area contributed by atoms with E-state index < -0.39 is 52.6 Å². The zero-order valence-corrected chi connectivity index (χ0v) is 20.6. The number of alkyl halides is 3. The molecule has 15 heteroatoms. The molecule has 0 radical (unpaired) electrons. The third-order valence-corrected chi connectivity index (χ3v) is 6.78. The minimum atomic E-state index is -4.82. The van der Waals surface area contributed by atoms with Gasteiger partial charge >= 0.3 is 12.4 Å². The van der Waals surface area contributed by atoms with E-state index in [1.807, 2.05) is 0 Å². The van der Waals surface area contributed by atoms with Crippen LogP contribution in [-0.4, -0.2) is 47.0 Å². The minimum Gasteiger partial charge on any atom is -0.406 e. The van der Waals surface area contributed by atoms with Crippen LogP contribution in [0.1, 0.15) is 36.8 Å². The van der Waals surface area contributed by atoms with Crippen molar-refractivity contribution in [2.75, 3.05) is 16.8 Å². The van der Waals surface area contributed by atoms with Gasteiger partial charge in [-0.2, -0.15) is 5.26 Å². The van der Waals surface area contributed by atoms with Gasteiger partial charge in [-0.1, -0.05) is 5.10 Å². The number of hydrogen-bond donors (Lipinski definition) is 2. The van der Waals surface area contributed by atoms with Gasteiger partial charge in [-0.3, -0.25) is 14.9 Å². The van der Waals surface area contributed by atoms with Gasteiger partial charge in [-0.25, -0.2) is 8.78 Å². The Balaban J connectivity index is 1.28. The number of amides is 2. The van der Waals surface area contributed by atoms with Crippen molar-refractivity contribution in [1.29, 1.82) is 5.26 Å². The number of nitrogens with zero attached hydrogens (tertiary/aromatic N) is 4. The lowest BCUT2D eigenvalue weighted by Gasteiger charge is -2.48. The molecule has 40 heavy (non-hydrogen) atoms. The van der Waals surface area contributed by atoms with Gasteiger partial charge in [-0.15, -0.1) is 18.3 Å². The maximum Gasteiger partial charge on any atom is 0.573 e. The van der Waals surface area contributed by atoms with Crippen LogP contribution in [0.4, 0.5) is 33.7 Å². The van der Waals surface area contributed by atoms with Crippen molar-refractivity contribution in [3.8, 4) is 23.3 Å². The summed E-state index contributed by atoms with van der Waals surface area (Å²) in [6.45, 7) is 1.94. The van der Waals surface area contributed by atoms with E-state index in [0.717, 1.165) is 18.2 Å². The Labute approximate surface area is 222 Å². The second kappa shape index (κ2) is 10.1. The van der Waals surface area contributed by atoms with Gasteiger partial charge < -0.3 is 19.4 Å². The highest BCUT2D eigenvalue weighted by molar-refractivity contribution is 6.01. The molecule has 3 atom stereocenters. The quantitative estimate of drug-likeness (QED) is 0.338. The van der Waals surface area contributed by atoms with Gasteiger partial charge in [0.05, 0.1) is 17.6 Å². The van der Waals surface area contributed by atoms with Gasteiger partial charge in [0, 0.05) is 30.1 Å². The predicted octanol–water partition coefficient (Wildman–Crippen LogP) is 3.99. The van der Waals surface area contributed by atoms with Crippen LogP contribution in [0.3, 0.4) is 0 Å². The van der Waals surface area contributed by atoms with Crippen molar-refractivity contribution in [1.82, 2.24) is 15.5 Å². The zero-order chi connectivity index (χ0) is 28.8. The van der Waals surface area contributed by atoms with Crippen molar-refractivity contribution in [3.63, 3.8) is 0 Å². The van der Waals surface area contributed by atoms with Crippen LogP contribution >= 0.6 is 0 Å². The number of hydrogen-bond acceptors (Lipinski definition) is 9. The standard InChI is InChI=1S/C25H19F5N6O4/c1-11-17(32-24-35-34-23(39-24)12-2-4-13(5-3-12)40-25(28,29)30)10-36(11)18-8-16(26)20(21(27)15(18)9-31)14-6-7-19(37)33-22(14)38/h2-5,8,11,14,17H,6-7,10H2,1H3,(H,32,35)(H,33,37,38)/t11-,14?,17+/m1/s1. The van der Waals surface area contributed by atoms with E-state index in [4.69, 9.17) is 4.42 Å². The lowest BCUT2D eigenvalue weighted by molar-refractivity contribution is -0.274. The van der Waals surface area contributed by atoms with E-state index in [9.17, 15) is 28.0 Å². The first-order chi connectivity index (χ1) is 18.9. The SMILES string of the molecule is C[C@@H]1[C@@H](Nc2nnc(-c3ccc(OC(F)(F)F)cc3)o2)CN1c1cc(F)c(C2CCC(=O)NC2=O)c(F)c1C#N. The number of carbonyl (C=O) groups excluding carboxylic acids is 2. The van der Waals surface area contributed by atoms with Crippen LogP contribution in [0.15, 0.2) is 34.7 Å². The van der Waals surface area contributed by atoms with Gasteiger partial charge in [0.1, 0.15) is 29.0 Å². The fourth-order valence-corrected chi connectivity index (χ4v) is 4.69. The molecule has 1 unspecified atom stereocenters. The van der Waals surface area contributed by atoms with Crippen molar-refractivity contribution in [2.45, 2.75) is 44.1 Å². The molecular formula is C25H19F5N6O4. The second-order valence-electron chi connectivity index (χ2n) is 9.22. The summed E-state index contributed by atoms with van der Waals surface area (Å²) in [6.07, 6.45) is -4.98. The Hall–Kier alpha value is -4.74. The number of rotatable bonds is 6. The van der Waals surface area contributed by atoms with E-state index in [-0.39, 0.29) is 49.1 Å². The van der Waals surface area contributed by atoms with Crippen LogP contribution < -0.4 is 20.3 Å². The van der Waals surface area contributed by atoms with Crippen LogP contribution in [-0.2, 0) is 9.59 Å². The minimum absolute atomic E-state index is 0.00600. The van der Waals surface area contributed by atoms with Gasteiger partial charge in [-0.05, 0) is 43.7 Å². The average molecular weight is 562 g/mol. The highest BCUT2D eigenvalue weighted by Crippen LogP contribution is 2.38. The number of benzene rings is 2. The Morgan fingerprint density at radius 2 is 1.93 bits per heavy atom. The van der Waals surface area contributed by atoms with Crippen LogP contribution in [0.5, 0.6) is 5.75 Å². The highest BCUT2D eigenvalue weighted by Gasteiger charge is 2.41. The fourth-order valence-electron chi connectivity index (χ4n) is 4.69. The number of nitrogens with one attached hydrogen (secondary N) is 2. The molecule has 10 nitrogen and oxygen atoms in total. The normalized spacial score (nSPS) is 20.9. The van der Waals surface area contributed by atoms with Gasteiger partial charge in [0.25, 0.3) is 0 Å². The van der Waals surface area contributed by atoms with E-state index in [1.165, 1.54) is 12.1 Å². The molecule has 208 valence electrons. The number of nitriles is 1. The molecule has 3 heterocycles. The molecule has 1 aromatic heterocycles. The largest absolute Gasteiger partial charge is 0.573 e. The summed E-state index contributed by atoms with van der Waals surface area (Å²) in [5, 5.41) is 22.4. The molecule has 2 amide bonds. The Kier molecular flexibility index (Phi) is 6.78. The molecule has 2 fully saturated rings. The lowest BCUT2D eigenvalue weighted by atomic mass is 9.87. The summed E-state index contributed by atoms with van der Waals surface area (Å²) in [7, 11) is 0. The summed E-state index contributed by atoms with van der Waals surface area (Å²) >= 11 is 0. The van der Waals surface area contributed by atoms with E-state index >= 15 is 8.78 Å².